The number of amides is 1. The van der Waals surface area contributed by atoms with Crippen molar-refractivity contribution in [2.24, 2.45) is 0 Å². The summed E-state index contributed by atoms with van der Waals surface area (Å²) < 4.78 is 27.7. The number of nitro groups is 1. The average Bonchev–Trinajstić information content (AvgIpc) is 2.74. The van der Waals surface area contributed by atoms with Crippen molar-refractivity contribution >= 4 is 50.6 Å². The van der Waals surface area contributed by atoms with E-state index in [-0.39, 0.29) is 38.1 Å². The number of nitrogens with one attached hydrogen (secondary N) is 2. The number of carbonyl (C=O) groups is 2. The lowest BCUT2D eigenvalue weighted by atomic mass is 10.2. The molecule has 0 saturated heterocycles. The molecule has 0 aliphatic rings. The number of carboxylic acid groups (broad SMARTS) is 1. The van der Waals surface area contributed by atoms with E-state index in [9.17, 15) is 28.1 Å². The Bertz CT molecular complexity index is 1340. The van der Waals surface area contributed by atoms with Gasteiger partial charge in [0, 0.05) is 11.8 Å². The van der Waals surface area contributed by atoms with Gasteiger partial charge in [-0.3, -0.25) is 19.6 Å². The first-order chi connectivity index (χ1) is 15.1. The third-order valence-electron chi connectivity index (χ3n) is 4.20. The summed E-state index contributed by atoms with van der Waals surface area (Å²) in [5, 5.41) is 22.5. The summed E-state index contributed by atoms with van der Waals surface area (Å²) in [6.45, 7) is 0. The van der Waals surface area contributed by atoms with E-state index in [1.54, 1.807) is 0 Å². The van der Waals surface area contributed by atoms with Gasteiger partial charge in [0.1, 0.15) is 5.69 Å². The lowest BCUT2D eigenvalue weighted by molar-refractivity contribution is -0.383. The Morgan fingerprint density at radius 1 is 1.00 bits per heavy atom. The molecule has 0 atom stereocenters. The van der Waals surface area contributed by atoms with E-state index < -0.39 is 26.8 Å². The van der Waals surface area contributed by atoms with E-state index in [4.69, 9.17) is 16.7 Å². The van der Waals surface area contributed by atoms with Crippen molar-refractivity contribution in [1.82, 2.24) is 0 Å². The molecule has 12 heteroatoms. The standard InChI is InChI=1S/C20H14ClN3O7S/c21-16-9-8-14(32(30,31)23-13-5-3-4-12(10-13)20(26)27)11-15(16)19(25)22-17-6-1-2-7-18(17)24(28)29/h1-11,23H,(H,22,25)(H,26,27). The molecule has 0 heterocycles. The molecular weight excluding hydrogens is 462 g/mol. The number of halogens is 1. The molecular formula is C20H14ClN3O7S. The molecule has 3 aromatic carbocycles. The number of nitro benzene ring substituents is 1. The summed E-state index contributed by atoms with van der Waals surface area (Å²) in [6.07, 6.45) is 0. The Morgan fingerprint density at radius 3 is 2.41 bits per heavy atom. The van der Waals surface area contributed by atoms with Gasteiger partial charge in [0.15, 0.2) is 0 Å². The number of rotatable bonds is 7. The number of para-hydroxylation sites is 2. The minimum atomic E-state index is -4.21. The maximum Gasteiger partial charge on any atom is 0.335 e. The van der Waals surface area contributed by atoms with Crippen LogP contribution in [0.4, 0.5) is 17.1 Å². The highest BCUT2D eigenvalue weighted by Crippen LogP contribution is 2.27. The van der Waals surface area contributed by atoms with Gasteiger partial charge in [-0.05, 0) is 42.5 Å². The Labute approximate surface area is 186 Å². The van der Waals surface area contributed by atoms with Crippen molar-refractivity contribution in [3.05, 3.63) is 93.0 Å². The predicted octanol–water partition coefficient (Wildman–Crippen LogP) is 4.00. The Morgan fingerprint density at radius 2 is 1.72 bits per heavy atom. The summed E-state index contributed by atoms with van der Waals surface area (Å²) in [5.74, 6) is -2.08. The van der Waals surface area contributed by atoms with E-state index >= 15 is 0 Å². The summed E-state index contributed by atoms with van der Waals surface area (Å²) in [4.78, 5) is 33.9. The third kappa shape index (κ3) is 5.02. The third-order valence-corrected chi connectivity index (χ3v) is 5.91. The van der Waals surface area contributed by atoms with Crippen molar-refractivity contribution in [1.29, 1.82) is 0 Å². The van der Waals surface area contributed by atoms with Crippen LogP contribution in [-0.2, 0) is 10.0 Å². The van der Waals surface area contributed by atoms with Crippen LogP contribution >= 0.6 is 11.6 Å². The number of carboxylic acids is 1. The van der Waals surface area contributed by atoms with Gasteiger partial charge in [0.25, 0.3) is 21.6 Å². The van der Waals surface area contributed by atoms with Crippen LogP contribution < -0.4 is 10.0 Å². The number of aromatic carboxylic acids is 1. The molecule has 0 fully saturated rings. The normalized spacial score (nSPS) is 10.9. The predicted molar refractivity (Wildman–Crippen MR) is 117 cm³/mol. The zero-order chi connectivity index (χ0) is 23.5. The van der Waals surface area contributed by atoms with Gasteiger partial charge in [0.2, 0.25) is 0 Å². The zero-order valence-corrected chi connectivity index (χ0v) is 17.6. The van der Waals surface area contributed by atoms with Crippen LogP contribution in [0.1, 0.15) is 20.7 Å². The first-order valence-electron chi connectivity index (χ1n) is 8.79. The van der Waals surface area contributed by atoms with Crippen LogP contribution in [-0.4, -0.2) is 30.3 Å². The number of carbonyl (C=O) groups excluding carboxylic acids is 1. The Hall–Kier alpha value is -3.96. The van der Waals surface area contributed by atoms with Gasteiger partial charge >= 0.3 is 5.97 Å². The molecule has 10 nitrogen and oxygen atoms in total. The van der Waals surface area contributed by atoms with Crippen LogP contribution in [0.5, 0.6) is 0 Å². The second-order valence-corrected chi connectivity index (χ2v) is 8.45. The van der Waals surface area contributed by atoms with E-state index in [0.717, 1.165) is 18.2 Å². The number of nitrogens with zero attached hydrogens (tertiary/aromatic N) is 1. The molecule has 0 saturated carbocycles. The quantitative estimate of drug-likeness (QED) is 0.344. The van der Waals surface area contributed by atoms with Gasteiger partial charge in [0.05, 0.1) is 26.0 Å². The SMILES string of the molecule is O=C(O)c1cccc(NS(=O)(=O)c2ccc(Cl)c(C(=O)Nc3ccccc3[N+](=O)[O-])c2)c1. The molecule has 0 radical (unpaired) electrons. The number of anilines is 2. The van der Waals surface area contributed by atoms with Crippen molar-refractivity contribution in [2.45, 2.75) is 4.90 Å². The maximum atomic E-state index is 12.7. The summed E-state index contributed by atoms with van der Waals surface area (Å²) in [5.41, 5.74) is -0.778. The van der Waals surface area contributed by atoms with Crippen LogP contribution in [0.2, 0.25) is 5.02 Å². The van der Waals surface area contributed by atoms with Crippen molar-refractivity contribution in [2.75, 3.05) is 10.0 Å². The number of hydrogen-bond donors (Lipinski definition) is 3. The lowest BCUT2D eigenvalue weighted by Crippen LogP contribution is -2.17. The molecule has 164 valence electrons. The molecule has 0 aromatic heterocycles. The highest BCUT2D eigenvalue weighted by atomic mass is 35.5. The van der Waals surface area contributed by atoms with Gasteiger partial charge < -0.3 is 10.4 Å². The first kappa shape index (κ1) is 22.7. The Kier molecular flexibility index (Phi) is 6.42. The molecule has 0 aliphatic heterocycles. The molecule has 0 aliphatic carbocycles. The Balaban J connectivity index is 1.91. The van der Waals surface area contributed by atoms with E-state index in [2.05, 4.69) is 10.0 Å². The second-order valence-electron chi connectivity index (χ2n) is 6.36. The number of benzene rings is 3. The molecule has 3 N–H and O–H groups in total. The van der Waals surface area contributed by atoms with Crippen molar-refractivity contribution < 1.29 is 28.0 Å². The van der Waals surface area contributed by atoms with Gasteiger partial charge in [-0.2, -0.15) is 0 Å². The van der Waals surface area contributed by atoms with E-state index in [1.807, 2.05) is 0 Å². The van der Waals surface area contributed by atoms with E-state index in [1.165, 1.54) is 48.5 Å². The smallest absolute Gasteiger partial charge is 0.335 e. The van der Waals surface area contributed by atoms with Crippen LogP contribution in [0.25, 0.3) is 0 Å². The number of sulfonamides is 1. The molecule has 0 bridgehead atoms. The van der Waals surface area contributed by atoms with Crippen molar-refractivity contribution in [3.63, 3.8) is 0 Å². The zero-order valence-electron chi connectivity index (χ0n) is 16.0. The highest BCUT2D eigenvalue weighted by Gasteiger charge is 2.21. The summed E-state index contributed by atoms with van der Waals surface area (Å²) in [7, 11) is -4.21. The minimum Gasteiger partial charge on any atom is -0.478 e. The fourth-order valence-corrected chi connectivity index (χ4v) is 3.98. The van der Waals surface area contributed by atoms with Gasteiger partial charge in [-0.15, -0.1) is 0 Å². The molecule has 0 spiro atoms. The molecule has 3 rings (SSSR count). The monoisotopic (exact) mass is 475 g/mol. The fourth-order valence-electron chi connectivity index (χ4n) is 2.70. The average molecular weight is 476 g/mol. The topological polar surface area (TPSA) is 156 Å². The minimum absolute atomic E-state index is 0.00534. The van der Waals surface area contributed by atoms with Gasteiger partial charge in [-0.25, -0.2) is 13.2 Å². The lowest BCUT2D eigenvalue weighted by Gasteiger charge is -2.11. The van der Waals surface area contributed by atoms with Crippen LogP contribution in [0.3, 0.4) is 0 Å². The largest absolute Gasteiger partial charge is 0.478 e. The molecule has 0 unspecified atom stereocenters. The van der Waals surface area contributed by atoms with E-state index in [0.29, 0.717) is 0 Å². The second kappa shape index (κ2) is 9.04. The highest BCUT2D eigenvalue weighted by molar-refractivity contribution is 7.92. The fraction of sp³-hybridized carbons (Fsp3) is 0. The summed E-state index contributed by atoms with van der Waals surface area (Å²) >= 11 is 6.05. The number of hydrogen-bond acceptors (Lipinski definition) is 6. The summed E-state index contributed by atoms with van der Waals surface area (Å²) in [6, 6.07) is 14.0. The van der Waals surface area contributed by atoms with Crippen LogP contribution in [0, 0.1) is 10.1 Å². The molecule has 1 amide bonds. The molecule has 32 heavy (non-hydrogen) atoms. The first-order valence-corrected chi connectivity index (χ1v) is 10.6. The van der Waals surface area contributed by atoms with Crippen molar-refractivity contribution in [3.8, 4) is 0 Å². The molecule has 3 aromatic rings. The maximum absolute atomic E-state index is 12.7. The van der Waals surface area contributed by atoms with Crippen LogP contribution in [0.15, 0.2) is 71.6 Å². The van der Waals surface area contributed by atoms with Gasteiger partial charge in [-0.1, -0.05) is 29.8 Å².